The number of esters is 1. The molecule has 0 saturated carbocycles. The van der Waals surface area contributed by atoms with Crippen molar-refractivity contribution < 1.29 is 14.3 Å². The van der Waals surface area contributed by atoms with Crippen LogP contribution in [0.4, 0.5) is 0 Å². The fraction of sp³-hybridized carbons (Fsp3) is 0.611. The molecular formula is C18H27NO3. The Bertz CT molecular complexity index is 450. The van der Waals surface area contributed by atoms with Gasteiger partial charge in [0, 0.05) is 0 Å². The van der Waals surface area contributed by atoms with Crippen LogP contribution < -0.4 is 4.74 Å². The third-order valence-corrected chi connectivity index (χ3v) is 3.76. The predicted molar refractivity (Wildman–Crippen MR) is 87.4 cm³/mol. The molecule has 1 aliphatic rings. The van der Waals surface area contributed by atoms with E-state index < -0.39 is 0 Å². The summed E-state index contributed by atoms with van der Waals surface area (Å²) in [6.07, 6.45) is 4.80. The highest BCUT2D eigenvalue weighted by Crippen LogP contribution is 2.14. The molecule has 4 heteroatoms. The number of unbranched alkanes of at least 4 members (excludes halogenated alkanes) is 1. The van der Waals surface area contributed by atoms with Crippen LogP contribution in [0.2, 0.25) is 0 Å². The van der Waals surface area contributed by atoms with Gasteiger partial charge in [-0.3, -0.25) is 0 Å². The van der Waals surface area contributed by atoms with Crippen LogP contribution in [0, 0.1) is 0 Å². The fourth-order valence-electron chi connectivity index (χ4n) is 2.63. The van der Waals surface area contributed by atoms with E-state index in [2.05, 4.69) is 4.90 Å². The topological polar surface area (TPSA) is 38.8 Å². The predicted octanol–water partition coefficient (Wildman–Crippen LogP) is 3.51. The number of hydrogen-bond acceptors (Lipinski definition) is 4. The molecule has 0 amide bonds. The standard InChI is InChI=1S/C18H27NO3/c1-15(2)22-17-9-7-16(8-10-17)18(20)21-14-6-5-13-19-11-3-4-12-19/h7-10,15H,3-6,11-14H2,1-2H3. The minimum absolute atomic E-state index is 0.133. The van der Waals surface area contributed by atoms with Crippen LogP contribution in [0.5, 0.6) is 5.75 Å². The monoisotopic (exact) mass is 305 g/mol. The Balaban J connectivity index is 1.63. The zero-order valence-electron chi connectivity index (χ0n) is 13.7. The maximum absolute atomic E-state index is 11.9. The van der Waals surface area contributed by atoms with E-state index in [1.165, 1.54) is 25.9 Å². The summed E-state index contributed by atoms with van der Waals surface area (Å²) in [5.74, 6) is 0.523. The highest BCUT2D eigenvalue weighted by atomic mass is 16.5. The summed E-state index contributed by atoms with van der Waals surface area (Å²) in [5.41, 5.74) is 0.579. The second-order valence-electron chi connectivity index (χ2n) is 6.08. The van der Waals surface area contributed by atoms with Gasteiger partial charge in [-0.2, -0.15) is 0 Å². The van der Waals surface area contributed by atoms with Crippen LogP contribution >= 0.6 is 0 Å². The van der Waals surface area contributed by atoms with Gasteiger partial charge in [-0.05, 0) is 83.4 Å². The zero-order chi connectivity index (χ0) is 15.8. The van der Waals surface area contributed by atoms with E-state index >= 15 is 0 Å². The largest absolute Gasteiger partial charge is 0.491 e. The van der Waals surface area contributed by atoms with Gasteiger partial charge in [0.05, 0.1) is 18.3 Å². The number of carbonyl (C=O) groups excluding carboxylic acids is 1. The number of rotatable bonds is 8. The Morgan fingerprint density at radius 2 is 1.82 bits per heavy atom. The molecule has 1 fully saturated rings. The molecule has 1 heterocycles. The Kier molecular flexibility index (Phi) is 6.72. The van der Waals surface area contributed by atoms with Crippen LogP contribution in [0.25, 0.3) is 0 Å². The lowest BCUT2D eigenvalue weighted by molar-refractivity contribution is 0.0496. The molecule has 1 aromatic carbocycles. The minimum atomic E-state index is -0.253. The first-order valence-electron chi connectivity index (χ1n) is 8.31. The molecule has 0 bridgehead atoms. The zero-order valence-corrected chi connectivity index (χ0v) is 13.7. The van der Waals surface area contributed by atoms with E-state index in [0.29, 0.717) is 12.2 Å². The number of ether oxygens (including phenoxy) is 2. The maximum atomic E-state index is 11.9. The van der Waals surface area contributed by atoms with Gasteiger partial charge in [0.25, 0.3) is 0 Å². The Morgan fingerprint density at radius 3 is 2.45 bits per heavy atom. The minimum Gasteiger partial charge on any atom is -0.491 e. The smallest absolute Gasteiger partial charge is 0.338 e. The van der Waals surface area contributed by atoms with Crippen molar-refractivity contribution >= 4 is 5.97 Å². The molecule has 1 aromatic rings. The molecule has 1 aliphatic heterocycles. The average molecular weight is 305 g/mol. The quantitative estimate of drug-likeness (QED) is 0.544. The summed E-state index contributed by atoms with van der Waals surface area (Å²) < 4.78 is 10.9. The van der Waals surface area contributed by atoms with Gasteiger partial charge in [0.15, 0.2) is 0 Å². The van der Waals surface area contributed by atoms with Crippen molar-refractivity contribution in [3.8, 4) is 5.75 Å². The first kappa shape index (κ1) is 16.8. The second-order valence-corrected chi connectivity index (χ2v) is 6.08. The third-order valence-electron chi connectivity index (χ3n) is 3.76. The normalized spacial score (nSPS) is 15.2. The molecule has 0 unspecified atom stereocenters. The Morgan fingerprint density at radius 1 is 1.14 bits per heavy atom. The van der Waals surface area contributed by atoms with E-state index in [4.69, 9.17) is 9.47 Å². The van der Waals surface area contributed by atoms with E-state index in [-0.39, 0.29) is 12.1 Å². The van der Waals surface area contributed by atoms with Crippen molar-refractivity contribution in [2.75, 3.05) is 26.2 Å². The molecule has 122 valence electrons. The van der Waals surface area contributed by atoms with E-state index in [9.17, 15) is 4.79 Å². The van der Waals surface area contributed by atoms with Crippen molar-refractivity contribution in [3.05, 3.63) is 29.8 Å². The van der Waals surface area contributed by atoms with E-state index in [0.717, 1.165) is 25.1 Å². The molecule has 0 radical (unpaired) electrons. The number of carbonyl (C=O) groups is 1. The Hall–Kier alpha value is -1.55. The van der Waals surface area contributed by atoms with E-state index in [1.54, 1.807) is 12.1 Å². The lowest BCUT2D eigenvalue weighted by Crippen LogP contribution is -2.20. The van der Waals surface area contributed by atoms with Crippen molar-refractivity contribution in [2.24, 2.45) is 0 Å². The first-order valence-corrected chi connectivity index (χ1v) is 8.31. The van der Waals surface area contributed by atoms with Gasteiger partial charge in [-0.15, -0.1) is 0 Å². The molecule has 0 aliphatic carbocycles. The second kappa shape index (κ2) is 8.79. The fourth-order valence-corrected chi connectivity index (χ4v) is 2.63. The molecule has 1 saturated heterocycles. The molecule has 0 atom stereocenters. The SMILES string of the molecule is CC(C)Oc1ccc(C(=O)OCCCCN2CCCC2)cc1. The summed E-state index contributed by atoms with van der Waals surface area (Å²) in [6.45, 7) is 8.03. The average Bonchev–Trinajstić information content (AvgIpc) is 3.00. The van der Waals surface area contributed by atoms with Crippen LogP contribution in [0.1, 0.15) is 49.9 Å². The lowest BCUT2D eigenvalue weighted by Gasteiger charge is -2.14. The molecule has 0 spiro atoms. The number of benzene rings is 1. The van der Waals surface area contributed by atoms with E-state index in [1.807, 2.05) is 26.0 Å². The van der Waals surface area contributed by atoms with Crippen molar-refractivity contribution in [3.63, 3.8) is 0 Å². The summed E-state index contributed by atoms with van der Waals surface area (Å²) >= 11 is 0. The molecule has 4 nitrogen and oxygen atoms in total. The summed E-state index contributed by atoms with van der Waals surface area (Å²) in [5, 5.41) is 0. The van der Waals surface area contributed by atoms with Gasteiger partial charge >= 0.3 is 5.97 Å². The highest BCUT2D eigenvalue weighted by Gasteiger charge is 2.11. The van der Waals surface area contributed by atoms with Crippen LogP contribution in [0.3, 0.4) is 0 Å². The lowest BCUT2D eigenvalue weighted by atomic mass is 10.2. The van der Waals surface area contributed by atoms with Gasteiger partial charge in [0.2, 0.25) is 0 Å². The van der Waals surface area contributed by atoms with Crippen molar-refractivity contribution in [1.82, 2.24) is 4.90 Å². The molecule has 2 rings (SSSR count). The third kappa shape index (κ3) is 5.68. The maximum Gasteiger partial charge on any atom is 0.338 e. The molecule has 22 heavy (non-hydrogen) atoms. The summed E-state index contributed by atoms with van der Waals surface area (Å²) in [4.78, 5) is 14.4. The number of likely N-dealkylation sites (tertiary alicyclic amines) is 1. The van der Waals surface area contributed by atoms with Crippen molar-refractivity contribution in [2.45, 2.75) is 45.6 Å². The molecular weight excluding hydrogens is 278 g/mol. The number of hydrogen-bond donors (Lipinski definition) is 0. The van der Waals surface area contributed by atoms with Gasteiger partial charge in [0.1, 0.15) is 5.75 Å². The van der Waals surface area contributed by atoms with Crippen LogP contribution in [0.15, 0.2) is 24.3 Å². The van der Waals surface area contributed by atoms with Crippen molar-refractivity contribution in [1.29, 1.82) is 0 Å². The first-order chi connectivity index (χ1) is 10.6. The van der Waals surface area contributed by atoms with Gasteiger partial charge < -0.3 is 14.4 Å². The number of nitrogens with zero attached hydrogens (tertiary/aromatic N) is 1. The Labute approximate surface area is 133 Å². The van der Waals surface area contributed by atoms with Crippen LogP contribution in [-0.2, 0) is 4.74 Å². The molecule has 0 N–H and O–H groups in total. The summed E-state index contributed by atoms with van der Waals surface area (Å²) in [6, 6.07) is 7.13. The van der Waals surface area contributed by atoms with Crippen LogP contribution in [-0.4, -0.2) is 43.2 Å². The van der Waals surface area contributed by atoms with Gasteiger partial charge in [-0.1, -0.05) is 0 Å². The van der Waals surface area contributed by atoms with Gasteiger partial charge in [-0.25, -0.2) is 4.79 Å². The summed E-state index contributed by atoms with van der Waals surface area (Å²) in [7, 11) is 0. The highest BCUT2D eigenvalue weighted by molar-refractivity contribution is 5.89. The molecule has 0 aromatic heterocycles.